The fourth-order valence-corrected chi connectivity index (χ4v) is 3.98. The summed E-state index contributed by atoms with van der Waals surface area (Å²) in [5.74, 6) is -1.86. The molecule has 0 fully saturated rings. The highest BCUT2D eigenvalue weighted by Gasteiger charge is 2.18. The Balaban J connectivity index is 1.76. The van der Waals surface area contributed by atoms with Gasteiger partial charge in [-0.15, -0.1) is 0 Å². The van der Waals surface area contributed by atoms with E-state index in [-0.39, 0.29) is 17.1 Å². The molecule has 0 unspecified atom stereocenters. The van der Waals surface area contributed by atoms with Gasteiger partial charge in [0, 0.05) is 22.2 Å². The Morgan fingerprint density at radius 2 is 1.74 bits per heavy atom. The molecule has 4 nitrogen and oxygen atoms in total. The van der Waals surface area contributed by atoms with Crippen LogP contribution in [-0.2, 0) is 6.42 Å². The van der Waals surface area contributed by atoms with Gasteiger partial charge in [-0.3, -0.25) is 0 Å². The molecule has 0 aliphatic heterocycles. The lowest BCUT2D eigenvalue weighted by molar-refractivity contribution is 0.0694. The van der Waals surface area contributed by atoms with Crippen molar-refractivity contribution in [2.45, 2.75) is 33.1 Å². The van der Waals surface area contributed by atoms with Crippen molar-refractivity contribution < 1.29 is 19.4 Å². The summed E-state index contributed by atoms with van der Waals surface area (Å²) in [5, 5.41) is 19.9. The zero-order chi connectivity index (χ0) is 22.1. The molecule has 0 aliphatic carbocycles. The third-order valence-electron chi connectivity index (χ3n) is 5.77. The topological polar surface area (TPSA) is 73.3 Å². The van der Waals surface area contributed by atoms with Crippen LogP contribution in [-0.4, -0.2) is 21.2 Å². The fraction of sp³-hybridized carbons (Fsp3) is 0.192. The number of phenols is 1. The number of carbonyl (C=O) groups is 1. The van der Waals surface area contributed by atoms with Crippen LogP contribution in [0.15, 0.2) is 54.6 Å². The van der Waals surface area contributed by atoms with E-state index in [0.29, 0.717) is 22.3 Å². The quantitative estimate of drug-likeness (QED) is 0.327. The molecule has 0 amide bonds. The highest BCUT2D eigenvalue weighted by Crippen LogP contribution is 2.36. The Labute approximate surface area is 180 Å². The van der Waals surface area contributed by atoms with Gasteiger partial charge in [-0.25, -0.2) is 9.18 Å². The summed E-state index contributed by atoms with van der Waals surface area (Å²) in [6.45, 7) is 4.03. The van der Waals surface area contributed by atoms with Crippen molar-refractivity contribution in [1.29, 1.82) is 0 Å². The summed E-state index contributed by atoms with van der Waals surface area (Å²) >= 11 is 0. The number of nitrogens with one attached hydrogen (secondary N) is 1. The van der Waals surface area contributed by atoms with Crippen LogP contribution in [0.2, 0.25) is 0 Å². The second kappa shape index (κ2) is 8.26. The molecule has 3 N–H and O–H groups in total. The van der Waals surface area contributed by atoms with E-state index in [1.54, 1.807) is 12.1 Å². The molecule has 0 radical (unpaired) electrons. The van der Waals surface area contributed by atoms with E-state index in [1.165, 1.54) is 17.7 Å². The summed E-state index contributed by atoms with van der Waals surface area (Å²) in [4.78, 5) is 14.3. The van der Waals surface area contributed by atoms with Crippen molar-refractivity contribution >= 4 is 16.9 Å². The molecule has 0 bridgehead atoms. The van der Waals surface area contributed by atoms with E-state index in [0.717, 1.165) is 35.8 Å². The van der Waals surface area contributed by atoms with Crippen molar-refractivity contribution in [3.8, 4) is 28.1 Å². The SMILES string of the molecule is CCCCc1ccc(-c2ccc3c(C)c(-c4ccc(C(=O)O)c(O)c4)[nH]c3c2F)cc1. The maximum absolute atomic E-state index is 15.5. The van der Waals surface area contributed by atoms with Crippen LogP contribution in [0.1, 0.15) is 41.3 Å². The smallest absolute Gasteiger partial charge is 0.339 e. The van der Waals surface area contributed by atoms with E-state index in [4.69, 9.17) is 5.11 Å². The summed E-state index contributed by atoms with van der Waals surface area (Å²) in [5.41, 5.74) is 4.87. The molecule has 0 aliphatic rings. The van der Waals surface area contributed by atoms with Crippen LogP contribution >= 0.6 is 0 Å². The largest absolute Gasteiger partial charge is 0.507 e. The molecule has 0 saturated carbocycles. The molecule has 0 saturated heterocycles. The number of aromatic amines is 1. The van der Waals surface area contributed by atoms with Crippen LogP contribution in [0.25, 0.3) is 33.3 Å². The van der Waals surface area contributed by atoms with Crippen LogP contribution in [0.5, 0.6) is 5.75 Å². The van der Waals surface area contributed by atoms with Gasteiger partial charge in [-0.05, 0) is 48.6 Å². The number of carboxylic acids is 1. The zero-order valence-electron chi connectivity index (χ0n) is 17.5. The summed E-state index contributed by atoms with van der Waals surface area (Å²) in [6.07, 6.45) is 3.29. The third kappa shape index (κ3) is 3.79. The number of benzene rings is 3. The Hall–Kier alpha value is -3.60. The van der Waals surface area contributed by atoms with Gasteiger partial charge in [-0.1, -0.05) is 55.8 Å². The maximum atomic E-state index is 15.5. The molecule has 1 heterocycles. The van der Waals surface area contributed by atoms with E-state index < -0.39 is 5.97 Å². The molecule has 31 heavy (non-hydrogen) atoms. The summed E-state index contributed by atoms with van der Waals surface area (Å²) in [6, 6.07) is 16.0. The first-order valence-corrected chi connectivity index (χ1v) is 10.4. The van der Waals surface area contributed by atoms with Gasteiger partial charge in [0.25, 0.3) is 0 Å². The number of aromatic nitrogens is 1. The number of halogens is 1. The maximum Gasteiger partial charge on any atom is 0.339 e. The number of carboxylic acid groups (broad SMARTS) is 1. The Morgan fingerprint density at radius 3 is 2.39 bits per heavy atom. The predicted octanol–water partition coefficient (Wildman–Crippen LogP) is 6.70. The van der Waals surface area contributed by atoms with E-state index in [1.807, 2.05) is 37.3 Å². The standard InChI is InChI=1S/C26H24FNO3/c1-3-4-5-16-6-8-17(9-7-16)20-13-12-19-15(2)24(28-25(19)23(20)27)18-10-11-21(26(30)31)22(29)14-18/h6-14,28-29H,3-5H2,1-2H3,(H,30,31). The van der Waals surface area contributed by atoms with Gasteiger partial charge in [0.05, 0.1) is 5.52 Å². The molecular weight excluding hydrogens is 393 g/mol. The van der Waals surface area contributed by atoms with Crippen LogP contribution < -0.4 is 0 Å². The predicted molar refractivity (Wildman–Crippen MR) is 121 cm³/mol. The van der Waals surface area contributed by atoms with E-state index in [2.05, 4.69) is 11.9 Å². The highest BCUT2D eigenvalue weighted by atomic mass is 19.1. The lowest BCUT2D eigenvalue weighted by Gasteiger charge is -2.07. The number of H-pyrrole nitrogens is 1. The van der Waals surface area contributed by atoms with Crippen molar-refractivity contribution in [2.24, 2.45) is 0 Å². The molecule has 5 heteroatoms. The second-order valence-electron chi connectivity index (χ2n) is 7.81. The van der Waals surface area contributed by atoms with E-state index >= 15 is 4.39 Å². The van der Waals surface area contributed by atoms with E-state index in [9.17, 15) is 9.90 Å². The number of aromatic hydroxyl groups is 1. The minimum Gasteiger partial charge on any atom is -0.507 e. The first-order chi connectivity index (χ1) is 14.9. The third-order valence-corrected chi connectivity index (χ3v) is 5.77. The molecule has 1 aromatic heterocycles. The van der Waals surface area contributed by atoms with Gasteiger partial charge in [-0.2, -0.15) is 0 Å². The first-order valence-electron chi connectivity index (χ1n) is 10.4. The Bertz CT molecular complexity index is 1270. The Morgan fingerprint density at radius 1 is 1.03 bits per heavy atom. The molecular formula is C26H24FNO3. The van der Waals surface area contributed by atoms with Gasteiger partial charge < -0.3 is 15.2 Å². The monoisotopic (exact) mass is 417 g/mol. The lowest BCUT2D eigenvalue weighted by atomic mass is 9.99. The van der Waals surface area contributed by atoms with Gasteiger partial charge in [0.15, 0.2) is 5.82 Å². The molecule has 0 atom stereocenters. The number of rotatable bonds is 6. The van der Waals surface area contributed by atoms with Crippen molar-refractivity contribution in [1.82, 2.24) is 4.98 Å². The van der Waals surface area contributed by atoms with Crippen LogP contribution in [0, 0.1) is 12.7 Å². The molecule has 0 spiro atoms. The van der Waals surface area contributed by atoms with Crippen molar-refractivity contribution in [3.05, 3.63) is 77.1 Å². The summed E-state index contributed by atoms with van der Waals surface area (Å²) in [7, 11) is 0. The normalized spacial score (nSPS) is 11.2. The average molecular weight is 417 g/mol. The number of aryl methyl sites for hydroxylation is 2. The minimum absolute atomic E-state index is 0.173. The first kappa shape index (κ1) is 20.7. The van der Waals surface area contributed by atoms with Crippen LogP contribution in [0.3, 0.4) is 0 Å². The number of aromatic carboxylic acids is 1. The molecule has 4 rings (SSSR count). The number of unbranched alkanes of at least 4 members (excludes halogenated alkanes) is 1. The second-order valence-corrected chi connectivity index (χ2v) is 7.81. The fourth-order valence-electron chi connectivity index (χ4n) is 3.98. The van der Waals surface area contributed by atoms with Crippen LogP contribution in [0.4, 0.5) is 4.39 Å². The molecule has 3 aromatic carbocycles. The lowest BCUT2D eigenvalue weighted by Crippen LogP contribution is -1.96. The minimum atomic E-state index is -1.20. The summed E-state index contributed by atoms with van der Waals surface area (Å²) < 4.78 is 15.5. The van der Waals surface area contributed by atoms with Gasteiger partial charge >= 0.3 is 5.97 Å². The van der Waals surface area contributed by atoms with Gasteiger partial charge in [0.1, 0.15) is 11.3 Å². The number of fused-ring (bicyclic) bond motifs is 1. The Kier molecular flexibility index (Phi) is 5.51. The molecule has 4 aromatic rings. The molecule has 158 valence electrons. The van der Waals surface area contributed by atoms with Crippen molar-refractivity contribution in [3.63, 3.8) is 0 Å². The highest BCUT2D eigenvalue weighted by molar-refractivity contribution is 5.95. The number of hydrogen-bond acceptors (Lipinski definition) is 2. The zero-order valence-corrected chi connectivity index (χ0v) is 17.5. The number of hydrogen-bond donors (Lipinski definition) is 3. The average Bonchev–Trinajstić information content (AvgIpc) is 3.10. The van der Waals surface area contributed by atoms with Gasteiger partial charge in [0.2, 0.25) is 0 Å². The van der Waals surface area contributed by atoms with Crippen molar-refractivity contribution in [2.75, 3.05) is 0 Å².